The first-order valence-electron chi connectivity index (χ1n) is 3.21. The molecular weight excluding hydrogens is 116 g/mol. The van der Waals surface area contributed by atoms with Crippen LogP contribution in [0.1, 0.15) is 6.42 Å². The highest BCUT2D eigenvalue weighted by Crippen LogP contribution is 2.31. The molecule has 0 radical (unpaired) electrons. The van der Waals surface area contributed by atoms with Crippen LogP contribution in [0.25, 0.3) is 0 Å². The maximum atomic E-state index is 10.8. The first kappa shape index (κ1) is 5.03. The maximum absolute atomic E-state index is 10.8. The SMILES string of the molecule is O=C1OC[C@@H]2C=CC[C@H]12. The van der Waals surface area contributed by atoms with E-state index in [1.54, 1.807) is 0 Å². The molecule has 2 aliphatic rings. The van der Waals surface area contributed by atoms with Gasteiger partial charge in [-0.05, 0) is 6.42 Å². The molecule has 0 N–H and O–H groups in total. The van der Waals surface area contributed by atoms with Gasteiger partial charge in [0, 0.05) is 5.92 Å². The van der Waals surface area contributed by atoms with Gasteiger partial charge in [0.15, 0.2) is 0 Å². The van der Waals surface area contributed by atoms with Gasteiger partial charge in [-0.15, -0.1) is 0 Å². The molecule has 1 saturated heterocycles. The van der Waals surface area contributed by atoms with E-state index in [1.807, 2.05) is 0 Å². The first-order valence-corrected chi connectivity index (χ1v) is 3.21. The predicted molar refractivity (Wildman–Crippen MR) is 31.7 cm³/mol. The van der Waals surface area contributed by atoms with E-state index in [-0.39, 0.29) is 11.9 Å². The molecule has 1 heterocycles. The summed E-state index contributed by atoms with van der Waals surface area (Å²) in [6.45, 7) is 0.611. The molecule has 0 aromatic rings. The minimum atomic E-state index is -0.00926. The lowest BCUT2D eigenvalue weighted by Gasteiger charge is -1.98. The number of allylic oxidation sites excluding steroid dienone is 1. The monoisotopic (exact) mass is 124 g/mol. The van der Waals surface area contributed by atoms with Crippen LogP contribution < -0.4 is 0 Å². The largest absolute Gasteiger partial charge is 0.465 e. The Hall–Kier alpha value is -0.790. The molecule has 0 saturated carbocycles. The average molecular weight is 124 g/mol. The number of fused-ring (bicyclic) bond motifs is 1. The van der Waals surface area contributed by atoms with Crippen molar-refractivity contribution in [2.75, 3.05) is 6.61 Å². The normalized spacial score (nSPS) is 38.9. The zero-order valence-electron chi connectivity index (χ0n) is 5.04. The molecule has 2 atom stereocenters. The van der Waals surface area contributed by atoms with Crippen LogP contribution in [0.2, 0.25) is 0 Å². The van der Waals surface area contributed by atoms with Gasteiger partial charge < -0.3 is 4.74 Å². The lowest BCUT2D eigenvalue weighted by Crippen LogP contribution is -2.08. The van der Waals surface area contributed by atoms with Crippen molar-refractivity contribution in [3.05, 3.63) is 12.2 Å². The highest BCUT2D eigenvalue weighted by atomic mass is 16.5. The van der Waals surface area contributed by atoms with Crippen molar-refractivity contribution < 1.29 is 9.53 Å². The Morgan fingerprint density at radius 3 is 3.33 bits per heavy atom. The Labute approximate surface area is 53.5 Å². The number of cyclic esters (lactones) is 1. The number of rotatable bonds is 0. The summed E-state index contributed by atoms with van der Waals surface area (Å²) in [5.41, 5.74) is 0. The minimum absolute atomic E-state index is 0.00926. The highest BCUT2D eigenvalue weighted by molar-refractivity contribution is 5.76. The van der Waals surface area contributed by atoms with Crippen molar-refractivity contribution in [1.29, 1.82) is 0 Å². The maximum Gasteiger partial charge on any atom is 0.309 e. The van der Waals surface area contributed by atoms with Crippen LogP contribution in [-0.2, 0) is 9.53 Å². The smallest absolute Gasteiger partial charge is 0.309 e. The van der Waals surface area contributed by atoms with Crippen molar-refractivity contribution in [2.45, 2.75) is 6.42 Å². The fourth-order valence-corrected chi connectivity index (χ4v) is 1.44. The minimum Gasteiger partial charge on any atom is -0.465 e. The zero-order chi connectivity index (χ0) is 6.27. The summed E-state index contributed by atoms with van der Waals surface area (Å²) in [4.78, 5) is 10.8. The van der Waals surface area contributed by atoms with Crippen LogP contribution >= 0.6 is 0 Å². The van der Waals surface area contributed by atoms with Gasteiger partial charge in [-0.1, -0.05) is 12.2 Å². The topological polar surface area (TPSA) is 26.3 Å². The number of ether oxygens (including phenoxy) is 1. The number of hydrogen-bond acceptors (Lipinski definition) is 2. The molecule has 0 aromatic heterocycles. The summed E-state index contributed by atoms with van der Waals surface area (Å²) in [6, 6.07) is 0. The summed E-state index contributed by atoms with van der Waals surface area (Å²) in [7, 11) is 0. The molecule has 48 valence electrons. The molecule has 2 nitrogen and oxygen atoms in total. The third-order valence-electron chi connectivity index (χ3n) is 2.01. The second-order valence-electron chi connectivity index (χ2n) is 2.56. The second kappa shape index (κ2) is 1.59. The summed E-state index contributed by atoms with van der Waals surface area (Å²) < 4.78 is 4.83. The zero-order valence-corrected chi connectivity index (χ0v) is 5.04. The highest BCUT2D eigenvalue weighted by Gasteiger charge is 2.36. The van der Waals surface area contributed by atoms with Crippen molar-refractivity contribution in [3.8, 4) is 0 Å². The van der Waals surface area contributed by atoms with Gasteiger partial charge in [-0.25, -0.2) is 0 Å². The van der Waals surface area contributed by atoms with Gasteiger partial charge in [0.1, 0.15) is 0 Å². The van der Waals surface area contributed by atoms with E-state index in [4.69, 9.17) is 4.74 Å². The number of carbonyl (C=O) groups is 1. The van der Waals surface area contributed by atoms with Gasteiger partial charge in [-0.2, -0.15) is 0 Å². The van der Waals surface area contributed by atoms with E-state index in [0.29, 0.717) is 12.5 Å². The number of esters is 1. The third kappa shape index (κ3) is 0.590. The molecule has 9 heavy (non-hydrogen) atoms. The molecule has 1 aliphatic heterocycles. The van der Waals surface area contributed by atoms with E-state index < -0.39 is 0 Å². The van der Waals surface area contributed by atoms with Crippen molar-refractivity contribution in [3.63, 3.8) is 0 Å². The molecule has 0 bridgehead atoms. The quantitative estimate of drug-likeness (QED) is 0.351. The molecule has 0 aromatic carbocycles. The first-order chi connectivity index (χ1) is 4.38. The Bertz CT molecular complexity index is 172. The molecular formula is C7H8O2. The van der Waals surface area contributed by atoms with Crippen LogP contribution in [-0.4, -0.2) is 12.6 Å². The average Bonchev–Trinajstić information content (AvgIpc) is 2.35. The lowest BCUT2D eigenvalue weighted by atomic mass is 10.00. The standard InChI is InChI=1S/C7H8O2/c8-7-6-3-1-2-5(6)4-9-7/h1-2,5-6H,3-4H2/t5-,6-/m0/s1. The Kier molecular flexibility index (Phi) is 0.891. The summed E-state index contributed by atoms with van der Waals surface area (Å²) in [6.07, 6.45) is 5.04. The van der Waals surface area contributed by atoms with Gasteiger partial charge in [0.05, 0.1) is 12.5 Å². The van der Waals surface area contributed by atoms with Gasteiger partial charge in [0.2, 0.25) is 0 Å². The van der Waals surface area contributed by atoms with Crippen LogP contribution in [0, 0.1) is 11.8 Å². The van der Waals surface area contributed by atoms with Crippen LogP contribution in [0.4, 0.5) is 0 Å². The van der Waals surface area contributed by atoms with E-state index >= 15 is 0 Å². The Morgan fingerprint density at radius 1 is 1.67 bits per heavy atom. The summed E-state index contributed by atoms with van der Waals surface area (Å²) >= 11 is 0. The molecule has 0 unspecified atom stereocenters. The van der Waals surface area contributed by atoms with E-state index in [9.17, 15) is 4.79 Å². The fourth-order valence-electron chi connectivity index (χ4n) is 1.44. The second-order valence-corrected chi connectivity index (χ2v) is 2.56. The molecule has 1 aliphatic carbocycles. The Morgan fingerprint density at radius 2 is 2.56 bits per heavy atom. The van der Waals surface area contributed by atoms with Crippen LogP contribution in [0.15, 0.2) is 12.2 Å². The van der Waals surface area contributed by atoms with E-state index in [2.05, 4.69) is 12.2 Å². The van der Waals surface area contributed by atoms with Crippen LogP contribution in [0.5, 0.6) is 0 Å². The fraction of sp³-hybridized carbons (Fsp3) is 0.571. The van der Waals surface area contributed by atoms with Gasteiger partial charge in [0.25, 0.3) is 0 Å². The molecule has 2 rings (SSSR count). The molecule has 1 fully saturated rings. The Balaban J connectivity index is 2.22. The van der Waals surface area contributed by atoms with Gasteiger partial charge >= 0.3 is 5.97 Å². The lowest BCUT2D eigenvalue weighted by molar-refractivity contribution is -0.141. The van der Waals surface area contributed by atoms with Crippen molar-refractivity contribution in [2.24, 2.45) is 11.8 Å². The third-order valence-corrected chi connectivity index (χ3v) is 2.01. The van der Waals surface area contributed by atoms with E-state index in [0.717, 1.165) is 6.42 Å². The molecule has 0 amide bonds. The number of carbonyl (C=O) groups excluding carboxylic acids is 1. The molecule has 2 heteroatoms. The summed E-state index contributed by atoms with van der Waals surface area (Å²) in [5.74, 6) is 0.562. The predicted octanol–water partition coefficient (Wildman–Crippen LogP) is 0.736. The van der Waals surface area contributed by atoms with Crippen molar-refractivity contribution in [1.82, 2.24) is 0 Å². The van der Waals surface area contributed by atoms with Gasteiger partial charge in [-0.3, -0.25) is 4.79 Å². The van der Waals surface area contributed by atoms with Crippen LogP contribution in [0.3, 0.4) is 0 Å². The number of hydrogen-bond donors (Lipinski definition) is 0. The van der Waals surface area contributed by atoms with Crippen molar-refractivity contribution >= 4 is 5.97 Å². The molecule has 0 spiro atoms. The summed E-state index contributed by atoms with van der Waals surface area (Å²) in [5, 5.41) is 0. The van der Waals surface area contributed by atoms with E-state index in [1.165, 1.54) is 0 Å².